The van der Waals surface area contributed by atoms with E-state index in [-0.39, 0.29) is 24.9 Å². The molecular weight excluding hydrogens is 952 g/mol. The average molecular weight is 1070 g/mol. The van der Waals surface area contributed by atoms with Crippen LogP contribution in [0.2, 0.25) is 0 Å². The molecule has 1 N–H and O–H groups in total. The van der Waals surface area contributed by atoms with Gasteiger partial charge >= 0.3 is 5.97 Å². The molecule has 0 bridgehead atoms. The molecule has 3 atom stereocenters. The van der Waals surface area contributed by atoms with Crippen molar-refractivity contribution < 1.29 is 37.3 Å². The quantitative estimate of drug-likeness (QED) is 0.0212. The largest absolute Gasteiger partial charge is 0.756 e. The summed E-state index contributed by atoms with van der Waals surface area (Å²) in [5, 5.41) is 3.03. The molecular formula is C65H121N2O7P. The number of unbranched alkanes of at least 4 members (excludes halogenated alkanes) is 33. The van der Waals surface area contributed by atoms with Crippen LogP contribution in [0.5, 0.6) is 0 Å². The number of nitrogens with one attached hydrogen (secondary N) is 1. The topological polar surface area (TPSA) is 114 Å². The van der Waals surface area contributed by atoms with Crippen LogP contribution in [-0.2, 0) is 27.9 Å². The number of ether oxygens (including phenoxy) is 1. The lowest BCUT2D eigenvalue weighted by Crippen LogP contribution is -2.47. The van der Waals surface area contributed by atoms with E-state index in [0.717, 1.165) is 89.9 Å². The van der Waals surface area contributed by atoms with Gasteiger partial charge in [-0.2, -0.15) is 0 Å². The Balaban J connectivity index is 5.21. The van der Waals surface area contributed by atoms with E-state index in [2.05, 4.69) is 74.7 Å². The molecule has 0 aliphatic heterocycles. The van der Waals surface area contributed by atoms with E-state index in [1.165, 1.54) is 167 Å². The van der Waals surface area contributed by atoms with Crippen LogP contribution in [0.3, 0.4) is 0 Å². The predicted molar refractivity (Wildman–Crippen MR) is 321 cm³/mol. The molecule has 0 rings (SSSR count). The van der Waals surface area contributed by atoms with Crippen LogP contribution < -0.4 is 10.2 Å². The van der Waals surface area contributed by atoms with Crippen molar-refractivity contribution in [2.75, 3.05) is 40.9 Å². The molecule has 0 saturated heterocycles. The Morgan fingerprint density at radius 1 is 0.467 bits per heavy atom. The first-order valence-corrected chi connectivity index (χ1v) is 33.1. The van der Waals surface area contributed by atoms with Crippen molar-refractivity contribution in [3.8, 4) is 0 Å². The summed E-state index contributed by atoms with van der Waals surface area (Å²) in [6, 6.07) is -0.891. The van der Waals surface area contributed by atoms with Gasteiger partial charge in [0.1, 0.15) is 19.3 Å². The Morgan fingerprint density at radius 3 is 1.24 bits per heavy atom. The number of allylic oxidation sites excluding steroid dienone is 9. The van der Waals surface area contributed by atoms with Crippen LogP contribution in [-0.4, -0.2) is 69.4 Å². The molecule has 0 spiro atoms. The molecule has 0 heterocycles. The highest BCUT2D eigenvalue weighted by atomic mass is 31.2. The first-order valence-electron chi connectivity index (χ1n) is 31.6. The number of phosphoric acid groups is 1. The number of quaternary nitrogens is 1. The van der Waals surface area contributed by atoms with Crippen LogP contribution in [0, 0.1) is 0 Å². The van der Waals surface area contributed by atoms with Crippen LogP contribution in [0.1, 0.15) is 290 Å². The molecule has 0 fully saturated rings. The Hall–Kier alpha value is -2.29. The molecule has 438 valence electrons. The van der Waals surface area contributed by atoms with E-state index in [0.29, 0.717) is 17.4 Å². The van der Waals surface area contributed by atoms with Crippen molar-refractivity contribution in [3.05, 3.63) is 60.8 Å². The predicted octanol–water partition coefficient (Wildman–Crippen LogP) is 18.8. The van der Waals surface area contributed by atoms with E-state index in [1.54, 1.807) is 0 Å². The van der Waals surface area contributed by atoms with Gasteiger partial charge in [0, 0.05) is 12.8 Å². The Kier molecular flexibility index (Phi) is 53.4. The lowest BCUT2D eigenvalue weighted by Gasteiger charge is -2.30. The fourth-order valence-electron chi connectivity index (χ4n) is 9.04. The van der Waals surface area contributed by atoms with Crippen molar-refractivity contribution in [2.45, 2.75) is 303 Å². The zero-order valence-electron chi connectivity index (χ0n) is 50.0. The fourth-order valence-corrected chi connectivity index (χ4v) is 9.76. The number of phosphoric ester groups is 1. The first-order chi connectivity index (χ1) is 36.4. The maximum absolute atomic E-state index is 13.5. The van der Waals surface area contributed by atoms with Gasteiger partial charge in [-0.25, -0.2) is 0 Å². The normalized spacial score (nSPS) is 14.1. The number of carbonyl (C=O) groups is 2. The van der Waals surface area contributed by atoms with Crippen molar-refractivity contribution >= 4 is 19.7 Å². The van der Waals surface area contributed by atoms with Gasteiger partial charge in [0.15, 0.2) is 0 Å². The fraction of sp³-hybridized carbons (Fsp3) is 0.815. The van der Waals surface area contributed by atoms with Gasteiger partial charge in [0.05, 0.1) is 33.8 Å². The Labute approximate surface area is 464 Å². The molecule has 3 unspecified atom stereocenters. The number of amides is 1. The maximum Gasteiger partial charge on any atom is 0.306 e. The van der Waals surface area contributed by atoms with E-state index in [4.69, 9.17) is 13.8 Å². The molecule has 1 amide bonds. The van der Waals surface area contributed by atoms with E-state index >= 15 is 0 Å². The van der Waals surface area contributed by atoms with Gasteiger partial charge in [-0.15, -0.1) is 0 Å². The molecule has 10 heteroatoms. The molecule has 0 aromatic rings. The third-order valence-corrected chi connectivity index (χ3v) is 14.9. The number of hydrogen-bond acceptors (Lipinski definition) is 7. The second kappa shape index (κ2) is 55.0. The molecule has 0 aromatic carbocycles. The first kappa shape index (κ1) is 72.7. The maximum atomic E-state index is 13.5. The lowest BCUT2D eigenvalue weighted by atomic mass is 10.0. The lowest BCUT2D eigenvalue weighted by molar-refractivity contribution is -0.870. The number of rotatable bonds is 57. The van der Waals surface area contributed by atoms with Crippen molar-refractivity contribution in [1.29, 1.82) is 0 Å². The van der Waals surface area contributed by atoms with Gasteiger partial charge in [-0.1, -0.05) is 262 Å². The highest BCUT2D eigenvalue weighted by Crippen LogP contribution is 2.38. The number of esters is 1. The SMILES string of the molecule is CCCCC/C=C\C/C=C\C/C=C\C/C=C\CCCCCCCCCC(=O)OC(/C=C/CCCCCCCCCCCC)C(COP(=O)([O-])OCC[N+](C)(C)C)NC(=O)CCCCCCCCCCCCCCCC. The molecule has 75 heavy (non-hydrogen) atoms. The van der Waals surface area contributed by atoms with Crippen molar-refractivity contribution in [1.82, 2.24) is 5.32 Å². The second-order valence-corrected chi connectivity index (χ2v) is 24.0. The summed E-state index contributed by atoms with van der Waals surface area (Å²) in [7, 11) is 1.18. The number of hydrogen-bond donors (Lipinski definition) is 1. The average Bonchev–Trinajstić information content (AvgIpc) is 3.37. The number of likely N-dealkylation sites (N-methyl/N-ethyl adjacent to an activating group) is 1. The minimum absolute atomic E-state index is 0.0241. The third kappa shape index (κ3) is 56.2. The summed E-state index contributed by atoms with van der Waals surface area (Å²) in [5.41, 5.74) is 0. The summed E-state index contributed by atoms with van der Waals surface area (Å²) in [5.74, 6) is -0.545. The van der Waals surface area contributed by atoms with Crippen LogP contribution in [0.15, 0.2) is 60.8 Å². The molecule has 0 aromatic heterocycles. The van der Waals surface area contributed by atoms with Crippen molar-refractivity contribution in [3.63, 3.8) is 0 Å². The summed E-state index contributed by atoms with van der Waals surface area (Å²) >= 11 is 0. The van der Waals surface area contributed by atoms with E-state index in [1.807, 2.05) is 33.3 Å². The van der Waals surface area contributed by atoms with E-state index in [9.17, 15) is 19.0 Å². The minimum Gasteiger partial charge on any atom is -0.756 e. The van der Waals surface area contributed by atoms with Crippen molar-refractivity contribution in [2.24, 2.45) is 0 Å². The third-order valence-electron chi connectivity index (χ3n) is 14.0. The molecule has 0 aliphatic carbocycles. The van der Waals surface area contributed by atoms with Gasteiger partial charge in [0.2, 0.25) is 5.91 Å². The summed E-state index contributed by atoms with van der Waals surface area (Å²) in [4.78, 5) is 40.0. The highest BCUT2D eigenvalue weighted by Gasteiger charge is 2.27. The van der Waals surface area contributed by atoms with Gasteiger partial charge in [-0.3, -0.25) is 14.2 Å². The van der Waals surface area contributed by atoms with E-state index < -0.39 is 26.6 Å². The van der Waals surface area contributed by atoms with Crippen LogP contribution in [0.25, 0.3) is 0 Å². The summed E-state index contributed by atoms with van der Waals surface area (Å²) in [6.45, 7) is 6.82. The second-order valence-electron chi connectivity index (χ2n) is 22.6. The molecule has 9 nitrogen and oxygen atoms in total. The molecule has 0 saturated carbocycles. The smallest absolute Gasteiger partial charge is 0.306 e. The number of nitrogens with zero attached hydrogens (tertiary/aromatic N) is 1. The van der Waals surface area contributed by atoms with Gasteiger partial charge in [-0.05, 0) is 76.7 Å². The van der Waals surface area contributed by atoms with Crippen LogP contribution in [0.4, 0.5) is 0 Å². The Morgan fingerprint density at radius 2 is 0.813 bits per heavy atom. The minimum atomic E-state index is -4.70. The standard InChI is InChI=1S/C65H121N2O7P/c1-7-10-13-16-19-22-25-28-30-31-32-33-34-35-36-37-38-40-43-46-49-52-55-58-65(69)74-63(56-53-50-47-44-41-27-24-21-18-15-12-9-3)62(61-73-75(70,71)72-60-59-67(4,5)6)66-64(68)57-54-51-48-45-42-39-29-26-23-20-17-14-11-8-2/h19,22,28,30,32-33,35-36,53,56,62-63H,7-18,20-21,23-27,29,31,34,37-52,54-55,57-61H2,1-6H3,(H-,66,68,70,71)/b22-19-,30-28-,33-32-,36-35-,56-53+. The Bertz CT molecular complexity index is 1470. The monoisotopic (exact) mass is 1070 g/mol. The zero-order chi connectivity index (χ0) is 55.0. The number of carbonyl (C=O) groups excluding carboxylic acids is 2. The molecule has 0 radical (unpaired) electrons. The van der Waals surface area contributed by atoms with Gasteiger partial charge in [0.25, 0.3) is 7.82 Å². The highest BCUT2D eigenvalue weighted by molar-refractivity contribution is 7.45. The summed E-state index contributed by atoms with van der Waals surface area (Å²) < 4.78 is 30.3. The summed E-state index contributed by atoms with van der Waals surface area (Å²) in [6.07, 6.45) is 68.9. The van der Waals surface area contributed by atoms with Gasteiger partial charge < -0.3 is 28.5 Å². The molecule has 0 aliphatic rings. The van der Waals surface area contributed by atoms with Crippen LogP contribution >= 0.6 is 7.82 Å². The zero-order valence-corrected chi connectivity index (χ0v) is 50.9.